The van der Waals surface area contributed by atoms with Crippen molar-refractivity contribution in [2.75, 3.05) is 13.1 Å². The number of ether oxygens (including phenoxy) is 1. The van der Waals surface area contributed by atoms with Gasteiger partial charge in [0.25, 0.3) is 5.91 Å². The number of carbonyl (C=O) groups excluding carboxylic acids is 3. The molecule has 2 aliphatic rings. The summed E-state index contributed by atoms with van der Waals surface area (Å²) < 4.78 is 5.32. The highest BCUT2D eigenvalue weighted by molar-refractivity contribution is 6.07. The molecule has 0 saturated carbocycles. The van der Waals surface area contributed by atoms with E-state index in [-0.39, 0.29) is 18.6 Å². The van der Waals surface area contributed by atoms with Crippen LogP contribution in [0.3, 0.4) is 0 Å². The van der Waals surface area contributed by atoms with E-state index < -0.39 is 23.6 Å². The minimum absolute atomic E-state index is 0.192. The molecule has 26 heavy (non-hydrogen) atoms. The SMILES string of the molecule is CC1(C(O)C2CCN(C(=O)OCc3ccccc3)CC2)NC(=O)NC1=O. The van der Waals surface area contributed by atoms with Crippen LogP contribution in [0.15, 0.2) is 30.3 Å². The van der Waals surface area contributed by atoms with Gasteiger partial charge in [-0.1, -0.05) is 30.3 Å². The summed E-state index contributed by atoms with van der Waals surface area (Å²) in [7, 11) is 0. The molecule has 3 N–H and O–H groups in total. The van der Waals surface area contributed by atoms with Crippen molar-refractivity contribution < 1.29 is 24.2 Å². The molecular weight excluding hydrogens is 338 g/mol. The summed E-state index contributed by atoms with van der Waals surface area (Å²) in [4.78, 5) is 37.1. The first-order valence-electron chi connectivity index (χ1n) is 8.67. The van der Waals surface area contributed by atoms with Crippen LogP contribution in [0.1, 0.15) is 25.3 Å². The standard InChI is InChI=1S/C18H23N3O5/c1-18(15(23)19-16(24)20-18)14(22)13-7-9-21(10-8-13)17(25)26-11-12-5-3-2-4-6-12/h2-6,13-14,22H,7-11H2,1H3,(H2,19,20,23,24). The molecule has 0 spiro atoms. The normalized spacial score (nSPS) is 24.8. The van der Waals surface area contributed by atoms with Gasteiger partial charge in [0, 0.05) is 13.1 Å². The molecule has 2 atom stereocenters. The summed E-state index contributed by atoms with van der Waals surface area (Å²) in [5, 5.41) is 15.2. The Morgan fingerprint density at radius 2 is 1.96 bits per heavy atom. The van der Waals surface area contributed by atoms with Crippen molar-refractivity contribution in [3.05, 3.63) is 35.9 Å². The molecule has 0 radical (unpaired) electrons. The Hall–Kier alpha value is -2.61. The summed E-state index contributed by atoms with van der Waals surface area (Å²) in [5.41, 5.74) is -0.417. The van der Waals surface area contributed by atoms with Crippen LogP contribution >= 0.6 is 0 Å². The third-order valence-corrected chi connectivity index (χ3v) is 5.11. The van der Waals surface area contributed by atoms with Crippen LogP contribution in [0, 0.1) is 5.92 Å². The van der Waals surface area contributed by atoms with E-state index in [4.69, 9.17) is 4.74 Å². The van der Waals surface area contributed by atoms with E-state index in [1.807, 2.05) is 30.3 Å². The third-order valence-electron chi connectivity index (χ3n) is 5.11. The number of aliphatic hydroxyl groups excluding tert-OH is 1. The van der Waals surface area contributed by atoms with Crippen LogP contribution in [0.4, 0.5) is 9.59 Å². The fourth-order valence-corrected chi connectivity index (χ4v) is 3.44. The zero-order valence-corrected chi connectivity index (χ0v) is 14.6. The number of aliphatic hydroxyl groups is 1. The van der Waals surface area contributed by atoms with Gasteiger partial charge in [-0.15, -0.1) is 0 Å². The molecule has 2 fully saturated rings. The van der Waals surface area contributed by atoms with Gasteiger partial charge in [-0.3, -0.25) is 10.1 Å². The molecule has 2 heterocycles. The van der Waals surface area contributed by atoms with Crippen molar-refractivity contribution in [3.8, 4) is 0 Å². The molecule has 1 aromatic rings. The van der Waals surface area contributed by atoms with Crippen molar-refractivity contribution in [1.82, 2.24) is 15.5 Å². The second kappa shape index (κ2) is 7.33. The molecule has 0 aliphatic carbocycles. The Balaban J connectivity index is 1.50. The highest BCUT2D eigenvalue weighted by Crippen LogP contribution is 2.29. The minimum Gasteiger partial charge on any atom is -0.445 e. The van der Waals surface area contributed by atoms with Gasteiger partial charge in [-0.05, 0) is 31.2 Å². The van der Waals surface area contributed by atoms with E-state index in [9.17, 15) is 19.5 Å². The Bertz CT molecular complexity index is 687. The van der Waals surface area contributed by atoms with E-state index in [0.29, 0.717) is 25.9 Å². The average molecular weight is 361 g/mol. The topological polar surface area (TPSA) is 108 Å². The second-order valence-electron chi connectivity index (χ2n) is 6.92. The molecular formula is C18H23N3O5. The van der Waals surface area contributed by atoms with Gasteiger partial charge in [0.2, 0.25) is 0 Å². The van der Waals surface area contributed by atoms with Gasteiger partial charge in [0.05, 0.1) is 6.10 Å². The van der Waals surface area contributed by atoms with E-state index in [2.05, 4.69) is 10.6 Å². The predicted molar refractivity (Wildman–Crippen MR) is 92.0 cm³/mol. The maximum absolute atomic E-state index is 12.2. The summed E-state index contributed by atoms with van der Waals surface area (Å²) in [5.74, 6) is -0.720. The third kappa shape index (κ3) is 3.65. The van der Waals surface area contributed by atoms with Crippen LogP contribution in [0.25, 0.3) is 0 Å². The predicted octanol–water partition coefficient (Wildman–Crippen LogP) is 0.994. The maximum Gasteiger partial charge on any atom is 0.410 e. The lowest BCUT2D eigenvalue weighted by Crippen LogP contribution is -2.58. The van der Waals surface area contributed by atoms with Gasteiger partial charge in [-0.25, -0.2) is 9.59 Å². The lowest BCUT2D eigenvalue weighted by molar-refractivity contribution is -0.129. The molecule has 2 unspecified atom stereocenters. The number of amides is 4. The first-order chi connectivity index (χ1) is 12.4. The average Bonchev–Trinajstić information content (AvgIpc) is 2.93. The smallest absolute Gasteiger partial charge is 0.410 e. The van der Waals surface area contributed by atoms with Crippen molar-refractivity contribution in [2.24, 2.45) is 5.92 Å². The van der Waals surface area contributed by atoms with Crippen molar-refractivity contribution >= 4 is 18.0 Å². The molecule has 2 aliphatic heterocycles. The summed E-state index contributed by atoms with van der Waals surface area (Å²) in [6.07, 6.45) is -0.350. The molecule has 140 valence electrons. The van der Waals surface area contributed by atoms with Crippen LogP contribution in [0.5, 0.6) is 0 Å². The zero-order valence-electron chi connectivity index (χ0n) is 14.6. The number of hydrogen-bond donors (Lipinski definition) is 3. The Morgan fingerprint density at radius 3 is 2.54 bits per heavy atom. The van der Waals surface area contributed by atoms with Crippen molar-refractivity contribution in [2.45, 2.75) is 38.0 Å². The van der Waals surface area contributed by atoms with Crippen LogP contribution in [-0.4, -0.2) is 52.8 Å². The van der Waals surface area contributed by atoms with Crippen molar-refractivity contribution in [1.29, 1.82) is 0 Å². The Kier molecular flexibility index (Phi) is 5.13. The van der Waals surface area contributed by atoms with Crippen LogP contribution in [-0.2, 0) is 16.1 Å². The fourth-order valence-electron chi connectivity index (χ4n) is 3.44. The van der Waals surface area contributed by atoms with Gasteiger partial charge in [0.15, 0.2) is 0 Å². The summed E-state index contributed by atoms with van der Waals surface area (Å²) in [6, 6.07) is 8.84. The molecule has 8 heteroatoms. The van der Waals surface area contributed by atoms with Crippen molar-refractivity contribution in [3.63, 3.8) is 0 Å². The number of nitrogens with zero attached hydrogens (tertiary/aromatic N) is 1. The number of carbonyl (C=O) groups is 3. The largest absolute Gasteiger partial charge is 0.445 e. The summed E-state index contributed by atoms with van der Waals surface area (Å²) >= 11 is 0. The lowest BCUT2D eigenvalue weighted by Gasteiger charge is -2.38. The minimum atomic E-state index is -1.34. The molecule has 0 bridgehead atoms. The number of piperidine rings is 1. The Labute approximate surface area is 151 Å². The first-order valence-corrected chi connectivity index (χ1v) is 8.67. The first kappa shape index (κ1) is 18.2. The molecule has 4 amide bonds. The molecule has 2 saturated heterocycles. The monoisotopic (exact) mass is 361 g/mol. The van der Waals surface area contributed by atoms with E-state index in [0.717, 1.165) is 5.56 Å². The van der Waals surface area contributed by atoms with Crippen LogP contribution in [0.2, 0.25) is 0 Å². The van der Waals surface area contributed by atoms with Gasteiger partial charge in [0.1, 0.15) is 12.1 Å². The number of likely N-dealkylation sites (tertiary alicyclic amines) is 1. The van der Waals surface area contributed by atoms with E-state index in [1.165, 1.54) is 6.92 Å². The fraction of sp³-hybridized carbons (Fsp3) is 0.500. The second-order valence-corrected chi connectivity index (χ2v) is 6.92. The lowest BCUT2D eigenvalue weighted by atomic mass is 9.80. The van der Waals surface area contributed by atoms with E-state index >= 15 is 0 Å². The number of nitrogens with one attached hydrogen (secondary N) is 2. The molecule has 1 aromatic carbocycles. The number of urea groups is 1. The summed E-state index contributed by atoms with van der Waals surface area (Å²) in [6.45, 7) is 2.59. The number of hydrogen-bond acceptors (Lipinski definition) is 5. The Morgan fingerprint density at radius 1 is 1.31 bits per heavy atom. The van der Waals surface area contributed by atoms with Gasteiger partial charge >= 0.3 is 12.1 Å². The molecule has 0 aromatic heterocycles. The highest BCUT2D eigenvalue weighted by Gasteiger charge is 2.50. The quantitative estimate of drug-likeness (QED) is 0.693. The molecule has 3 rings (SSSR count). The zero-order chi connectivity index (χ0) is 18.7. The number of imide groups is 1. The van der Waals surface area contributed by atoms with Gasteiger partial charge in [-0.2, -0.15) is 0 Å². The van der Waals surface area contributed by atoms with E-state index in [1.54, 1.807) is 4.90 Å². The highest BCUT2D eigenvalue weighted by atomic mass is 16.6. The van der Waals surface area contributed by atoms with Gasteiger partial charge < -0.3 is 20.1 Å². The number of rotatable bonds is 4. The molecule has 8 nitrogen and oxygen atoms in total. The maximum atomic E-state index is 12.2. The number of benzene rings is 1. The van der Waals surface area contributed by atoms with Crippen LogP contribution < -0.4 is 10.6 Å².